The molecule has 0 aliphatic heterocycles. The number of hydrogen-bond donors (Lipinski definition) is 3. The number of anilines is 1. The van der Waals surface area contributed by atoms with Crippen molar-refractivity contribution in [1.29, 1.82) is 0 Å². The maximum absolute atomic E-state index is 12.6. The molecule has 0 bridgehead atoms. The Hall–Kier alpha value is -2.93. The molecule has 0 spiro atoms. The number of methoxy groups -OCH3 is 1. The second-order valence-corrected chi connectivity index (χ2v) is 8.78. The third-order valence-corrected chi connectivity index (χ3v) is 4.69. The molecule has 170 valence electrons. The number of rotatable bonds is 7. The Kier molecular flexibility index (Phi) is 8.38. The number of alkyl halides is 3. The molecule has 3 N–H and O–H groups in total. The monoisotopic (exact) mass is 521 g/mol. The number of carbonyl (C=O) groups excluding carboxylic acids is 1. The van der Waals surface area contributed by atoms with Gasteiger partial charge in [-0.05, 0) is 24.4 Å². The van der Waals surface area contributed by atoms with Gasteiger partial charge in [0.25, 0.3) is 17.3 Å². The van der Waals surface area contributed by atoms with Crippen LogP contribution in [0.3, 0.4) is 0 Å². The van der Waals surface area contributed by atoms with Crippen molar-refractivity contribution in [2.24, 2.45) is 0 Å². The summed E-state index contributed by atoms with van der Waals surface area (Å²) in [6, 6.07) is 9.21. The number of halogens is 3. The average molecular weight is 523 g/mol. The number of nitro benzene ring substituents is 2. The van der Waals surface area contributed by atoms with E-state index in [1.807, 2.05) is 0 Å². The minimum Gasteiger partial charge on any atom is -0.495 e. The van der Waals surface area contributed by atoms with Crippen molar-refractivity contribution < 1.29 is 19.4 Å². The molecule has 1 amide bonds. The van der Waals surface area contributed by atoms with Crippen LogP contribution in [0.1, 0.15) is 10.4 Å². The summed E-state index contributed by atoms with van der Waals surface area (Å²) in [5, 5.41) is 29.7. The molecule has 2 aromatic rings. The minimum absolute atomic E-state index is 0.0591. The van der Waals surface area contributed by atoms with E-state index in [1.54, 1.807) is 24.3 Å². The van der Waals surface area contributed by atoms with Crippen molar-refractivity contribution in [3.05, 3.63) is 68.3 Å². The van der Waals surface area contributed by atoms with Crippen LogP contribution in [0, 0.1) is 20.2 Å². The van der Waals surface area contributed by atoms with Crippen LogP contribution in [-0.4, -0.2) is 37.9 Å². The van der Waals surface area contributed by atoms with Gasteiger partial charge >= 0.3 is 0 Å². The highest BCUT2D eigenvalue weighted by Gasteiger charge is 2.35. The summed E-state index contributed by atoms with van der Waals surface area (Å²) < 4.78 is 3.06. The second-order valence-electron chi connectivity index (χ2n) is 6.00. The molecule has 0 aromatic heterocycles. The molecule has 32 heavy (non-hydrogen) atoms. The first-order valence-corrected chi connectivity index (χ1v) is 9.98. The topological polar surface area (TPSA) is 149 Å². The fourth-order valence-electron chi connectivity index (χ4n) is 2.39. The van der Waals surface area contributed by atoms with Gasteiger partial charge in [0.15, 0.2) is 5.11 Å². The molecule has 1 atom stereocenters. The first-order chi connectivity index (χ1) is 14.9. The highest BCUT2D eigenvalue weighted by atomic mass is 35.6. The lowest BCUT2D eigenvalue weighted by Gasteiger charge is -2.28. The zero-order chi connectivity index (χ0) is 24.1. The predicted octanol–water partition coefficient (Wildman–Crippen LogP) is 3.92. The van der Waals surface area contributed by atoms with Crippen LogP contribution in [0.2, 0.25) is 0 Å². The van der Waals surface area contributed by atoms with Crippen molar-refractivity contribution in [3.8, 4) is 5.75 Å². The quantitative estimate of drug-likeness (QED) is 0.162. The van der Waals surface area contributed by atoms with Gasteiger partial charge in [-0.3, -0.25) is 25.0 Å². The lowest BCUT2D eigenvalue weighted by atomic mass is 10.1. The van der Waals surface area contributed by atoms with E-state index in [0.717, 1.165) is 12.1 Å². The predicted molar refractivity (Wildman–Crippen MR) is 124 cm³/mol. The number of para-hydroxylation sites is 2. The van der Waals surface area contributed by atoms with E-state index >= 15 is 0 Å². The number of non-ortho nitro benzene ring substituents is 2. The molecule has 0 aliphatic rings. The second kappa shape index (κ2) is 10.6. The Morgan fingerprint density at radius 1 is 1.06 bits per heavy atom. The highest BCUT2D eigenvalue weighted by Crippen LogP contribution is 2.30. The number of nitrogens with zero attached hydrogens (tertiary/aromatic N) is 2. The Morgan fingerprint density at radius 2 is 1.62 bits per heavy atom. The van der Waals surface area contributed by atoms with E-state index in [2.05, 4.69) is 16.0 Å². The lowest BCUT2D eigenvalue weighted by Crippen LogP contribution is -2.56. The number of nitro groups is 2. The smallest absolute Gasteiger partial charge is 0.277 e. The Balaban J connectivity index is 2.24. The number of thiocarbonyl (C=S) groups is 1. The van der Waals surface area contributed by atoms with Gasteiger partial charge in [0.1, 0.15) is 11.9 Å². The van der Waals surface area contributed by atoms with Gasteiger partial charge in [0.05, 0.1) is 34.3 Å². The average Bonchev–Trinajstić information content (AvgIpc) is 2.72. The zero-order valence-electron chi connectivity index (χ0n) is 16.0. The third kappa shape index (κ3) is 6.79. The third-order valence-electron chi connectivity index (χ3n) is 3.82. The zero-order valence-corrected chi connectivity index (χ0v) is 19.1. The molecule has 0 fully saturated rings. The molecule has 0 heterocycles. The molecule has 0 aliphatic carbocycles. The van der Waals surface area contributed by atoms with Crippen molar-refractivity contribution in [1.82, 2.24) is 10.6 Å². The van der Waals surface area contributed by atoms with Crippen molar-refractivity contribution >= 4 is 75.1 Å². The van der Waals surface area contributed by atoms with E-state index in [1.165, 1.54) is 7.11 Å². The first kappa shape index (κ1) is 25.3. The maximum atomic E-state index is 12.6. The molecule has 2 rings (SSSR count). The van der Waals surface area contributed by atoms with E-state index in [4.69, 9.17) is 51.8 Å². The summed E-state index contributed by atoms with van der Waals surface area (Å²) in [7, 11) is 1.46. The lowest BCUT2D eigenvalue weighted by molar-refractivity contribution is -0.394. The van der Waals surface area contributed by atoms with Crippen LogP contribution >= 0.6 is 47.0 Å². The molecule has 0 saturated heterocycles. The summed E-state index contributed by atoms with van der Waals surface area (Å²) >= 11 is 23.0. The summed E-state index contributed by atoms with van der Waals surface area (Å²) in [6.45, 7) is 0. The van der Waals surface area contributed by atoms with Gasteiger partial charge in [-0.25, -0.2) is 0 Å². The number of nitrogens with one attached hydrogen (secondary N) is 3. The maximum Gasteiger partial charge on any atom is 0.277 e. The van der Waals surface area contributed by atoms with Gasteiger partial charge in [0.2, 0.25) is 3.79 Å². The SMILES string of the molecule is COc1ccccc1NC(=S)NC(NC(=O)c1cc([N+](=O)[O-])cc([N+](=O)[O-])c1)C(Cl)(Cl)Cl. The molecule has 15 heteroatoms. The minimum atomic E-state index is -2.13. The van der Waals surface area contributed by atoms with Gasteiger partial charge in [0, 0.05) is 12.1 Å². The molecule has 1 unspecified atom stereocenters. The summed E-state index contributed by atoms with van der Waals surface area (Å²) in [6.07, 6.45) is -1.42. The van der Waals surface area contributed by atoms with Gasteiger partial charge in [-0.1, -0.05) is 46.9 Å². The normalized spacial score (nSPS) is 11.8. The molecule has 0 saturated carbocycles. The van der Waals surface area contributed by atoms with Crippen LogP contribution in [0.15, 0.2) is 42.5 Å². The number of amides is 1. The first-order valence-electron chi connectivity index (χ1n) is 8.44. The molecule has 11 nitrogen and oxygen atoms in total. The summed E-state index contributed by atoms with van der Waals surface area (Å²) in [4.78, 5) is 33.0. The highest BCUT2D eigenvalue weighted by molar-refractivity contribution is 7.80. The van der Waals surface area contributed by atoms with Gasteiger partial charge in [-0.2, -0.15) is 0 Å². The van der Waals surface area contributed by atoms with Crippen LogP contribution in [0.25, 0.3) is 0 Å². The van der Waals surface area contributed by atoms with Crippen LogP contribution < -0.4 is 20.7 Å². The Morgan fingerprint density at radius 3 is 2.12 bits per heavy atom. The van der Waals surface area contributed by atoms with E-state index < -0.39 is 42.7 Å². The fraction of sp³-hybridized carbons (Fsp3) is 0.176. The molecular weight excluding hydrogens is 509 g/mol. The Bertz CT molecular complexity index is 1030. The van der Waals surface area contributed by atoms with Crippen molar-refractivity contribution in [2.75, 3.05) is 12.4 Å². The van der Waals surface area contributed by atoms with Gasteiger partial charge in [-0.15, -0.1) is 0 Å². The van der Waals surface area contributed by atoms with E-state index in [0.29, 0.717) is 17.5 Å². The standard InChI is InChI=1S/C17H14Cl3N5O6S/c1-31-13-5-3-2-4-12(13)21-16(32)23-15(17(18,19)20)22-14(26)9-6-10(24(27)28)8-11(7-9)25(29)30/h2-8,15H,1H3,(H,22,26)(H2,21,23,32). The van der Waals surface area contributed by atoms with Crippen LogP contribution in [0.4, 0.5) is 17.1 Å². The number of carbonyl (C=O) groups is 1. The Labute approximate surface area is 201 Å². The summed E-state index contributed by atoms with van der Waals surface area (Å²) in [5.74, 6) is -0.518. The molecule has 2 aromatic carbocycles. The largest absolute Gasteiger partial charge is 0.495 e. The van der Waals surface area contributed by atoms with Gasteiger partial charge < -0.3 is 20.7 Å². The van der Waals surface area contributed by atoms with Crippen LogP contribution in [0.5, 0.6) is 5.75 Å². The molecule has 0 radical (unpaired) electrons. The number of ether oxygens (including phenoxy) is 1. The van der Waals surface area contributed by atoms with E-state index in [9.17, 15) is 25.0 Å². The van der Waals surface area contributed by atoms with Crippen molar-refractivity contribution in [2.45, 2.75) is 9.96 Å². The van der Waals surface area contributed by atoms with Crippen LogP contribution in [-0.2, 0) is 0 Å². The number of hydrogen-bond acceptors (Lipinski definition) is 7. The summed E-state index contributed by atoms with van der Waals surface area (Å²) in [5.41, 5.74) is -1.22. The molecular formula is C17H14Cl3N5O6S. The van der Waals surface area contributed by atoms with Crippen molar-refractivity contribution in [3.63, 3.8) is 0 Å². The number of benzene rings is 2. The van der Waals surface area contributed by atoms with E-state index in [-0.39, 0.29) is 5.11 Å². The fourth-order valence-corrected chi connectivity index (χ4v) is 2.94.